The summed E-state index contributed by atoms with van der Waals surface area (Å²) in [7, 11) is 0. The average Bonchev–Trinajstić information content (AvgIpc) is 2.26. The Hall–Kier alpha value is -0.980. The molecule has 0 unspecified atom stereocenters. The number of phenols is 1. The van der Waals surface area contributed by atoms with E-state index in [0.29, 0.717) is 5.75 Å². The fourth-order valence-corrected chi connectivity index (χ4v) is 2.40. The van der Waals surface area contributed by atoms with Crippen LogP contribution in [-0.2, 0) is 5.41 Å². The van der Waals surface area contributed by atoms with Gasteiger partial charge in [-0.3, -0.25) is 0 Å². The molecule has 0 aromatic heterocycles. The maximum atomic E-state index is 9.96. The van der Waals surface area contributed by atoms with Crippen molar-refractivity contribution in [2.45, 2.75) is 52.4 Å². The maximum Gasteiger partial charge on any atom is 0.119 e. The Kier molecular flexibility index (Phi) is 3.78. The average molecular weight is 206 g/mol. The highest BCUT2D eigenvalue weighted by Crippen LogP contribution is 2.40. The second-order valence-corrected chi connectivity index (χ2v) is 4.36. The number of hydrogen-bond donors (Lipinski definition) is 1. The van der Waals surface area contributed by atoms with Gasteiger partial charge in [0.05, 0.1) is 0 Å². The van der Waals surface area contributed by atoms with Gasteiger partial charge in [-0.05, 0) is 37.7 Å². The minimum atomic E-state index is 0.149. The van der Waals surface area contributed by atoms with Crippen molar-refractivity contribution in [3.8, 4) is 5.75 Å². The Bertz CT molecular complexity index is 316. The van der Waals surface area contributed by atoms with Crippen molar-refractivity contribution in [1.29, 1.82) is 0 Å². The van der Waals surface area contributed by atoms with Gasteiger partial charge in [0.25, 0.3) is 0 Å². The number of aromatic hydroxyl groups is 1. The normalized spacial score (nSPS) is 11.7. The summed E-state index contributed by atoms with van der Waals surface area (Å²) in [5, 5.41) is 9.96. The van der Waals surface area contributed by atoms with Gasteiger partial charge in [-0.1, -0.05) is 38.5 Å². The third-order valence-corrected chi connectivity index (χ3v) is 3.75. The van der Waals surface area contributed by atoms with Crippen LogP contribution in [0.1, 0.15) is 51.2 Å². The monoisotopic (exact) mass is 206 g/mol. The zero-order chi connectivity index (χ0) is 11.5. The molecular weight excluding hydrogens is 184 g/mol. The van der Waals surface area contributed by atoms with Gasteiger partial charge in [0.1, 0.15) is 5.75 Å². The summed E-state index contributed by atoms with van der Waals surface area (Å²) in [6, 6.07) is 5.91. The van der Waals surface area contributed by atoms with Gasteiger partial charge in [-0.15, -0.1) is 0 Å². The predicted octanol–water partition coefficient (Wildman–Crippen LogP) is 4.17. The summed E-state index contributed by atoms with van der Waals surface area (Å²) in [6.45, 7) is 8.69. The first-order chi connectivity index (χ1) is 7.09. The summed E-state index contributed by atoms with van der Waals surface area (Å²) in [5.41, 5.74) is 2.49. The third kappa shape index (κ3) is 2.17. The van der Waals surface area contributed by atoms with Crippen molar-refractivity contribution in [2.24, 2.45) is 0 Å². The standard InChI is InChI=1S/C14H22O/c1-5-14(6-2,7-3)12-10-11(4)8-9-13(12)15/h8-10,15H,5-7H2,1-4H3. The number of aryl methyl sites for hydroxylation is 1. The van der Waals surface area contributed by atoms with Crippen LogP contribution in [0.15, 0.2) is 18.2 Å². The summed E-state index contributed by atoms with van der Waals surface area (Å²) in [6.07, 6.45) is 3.24. The Balaban J connectivity index is 3.27. The van der Waals surface area contributed by atoms with Gasteiger partial charge in [0, 0.05) is 5.56 Å². The lowest BCUT2D eigenvalue weighted by Crippen LogP contribution is -2.23. The molecule has 1 rings (SSSR count). The van der Waals surface area contributed by atoms with E-state index in [2.05, 4.69) is 33.8 Å². The van der Waals surface area contributed by atoms with Gasteiger partial charge in [0.2, 0.25) is 0 Å². The van der Waals surface area contributed by atoms with Gasteiger partial charge in [-0.2, -0.15) is 0 Å². The van der Waals surface area contributed by atoms with Crippen LogP contribution in [0.5, 0.6) is 5.75 Å². The van der Waals surface area contributed by atoms with Gasteiger partial charge in [-0.25, -0.2) is 0 Å². The molecule has 0 aliphatic heterocycles. The van der Waals surface area contributed by atoms with E-state index in [0.717, 1.165) is 24.8 Å². The molecule has 0 spiro atoms. The van der Waals surface area contributed by atoms with Crippen LogP contribution in [0.3, 0.4) is 0 Å². The van der Waals surface area contributed by atoms with E-state index in [1.807, 2.05) is 12.1 Å². The van der Waals surface area contributed by atoms with Gasteiger partial charge in [0.15, 0.2) is 0 Å². The van der Waals surface area contributed by atoms with E-state index in [1.54, 1.807) is 0 Å². The minimum absolute atomic E-state index is 0.149. The van der Waals surface area contributed by atoms with E-state index < -0.39 is 0 Å². The first kappa shape index (κ1) is 12.1. The number of rotatable bonds is 4. The van der Waals surface area contributed by atoms with Crippen LogP contribution in [0.25, 0.3) is 0 Å². The predicted molar refractivity (Wildman–Crippen MR) is 65.4 cm³/mol. The largest absolute Gasteiger partial charge is 0.508 e. The Morgan fingerprint density at radius 3 is 2.07 bits per heavy atom. The van der Waals surface area contributed by atoms with Crippen molar-refractivity contribution in [1.82, 2.24) is 0 Å². The summed E-state index contributed by atoms with van der Waals surface area (Å²) < 4.78 is 0. The van der Waals surface area contributed by atoms with Crippen LogP contribution >= 0.6 is 0 Å². The molecule has 0 aliphatic carbocycles. The van der Waals surface area contributed by atoms with Crippen molar-refractivity contribution >= 4 is 0 Å². The molecule has 0 radical (unpaired) electrons. The summed E-state index contributed by atoms with van der Waals surface area (Å²) >= 11 is 0. The fraction of sp³-hybridized carbons (Fsp3) is 0.571. The third-order valence-electron chi connectivity index (χ3n) is 3.75. The second-order valence-electron chi connectivity index (χ2n) is 4.36. The van der Waals surface area contributed by atoms with Crippen LogP contribution in [0.4, 0.5) is 0 Å². The Labute approximate surface area is 93.1 Å². The van der Waals surface area contributed by atoms with Crippen LogP contribution in [0.2, 0.25) is 0 Å². The second kappa shape index (κ2) is 4.69. The van der Waals surface area contributed by atoms with Gasteiger partial charge < -0.3 is 5.11 Å². The highest BCUT2D eigenvalue weighted by atomic mass is 16.3. The lowest BCUT2D eigenvalue weighted by Gasteiger charge is -2.32. The Morgan fingerprint density at radius 1 is 1.07 bits per heavy atom. The molecule has 15 heavy (non-hydrogen) atoms. The van der Waals surface area contributed by atoms with E-state index in [1.165, 1.54) is 5.56 Å². The van der Waals surface area contributed by atoms with Gasteiger partial charge >= 0.3 is 0 Å². The number of hydrogen-bond acceptors (Lipinski definition) is 1. The quantitative estimate of drug-likeness (QED) is 0.784. The topological polar surface area (TPSA) is 20.2 Å². The first-order valence-electron chi connectivity index (χ1n) is 5.89. The SMILES string of the molecule is CCC(CC)(CC)c1cc(C)ccc1O. The molecule has 1 heteroatoms. The van der Waals surface area contributed by atoms with Crippen molar-refractivity contribution in [2.75, 3.05) is 0 Å². The molecule has 1 N–H and O–H groups in total. The van der Waals surface area contributed by atoms with Crippen molar-refractivity contribution in [3.63, 3.8) is 0 Å². The molecule has 1 aromatic carbocycles. The molecule has 0 bridgehead atoms. The van der Waals surface area contributed by atoms with E-state index >= 15 is 0 Å². The van der Waals surface area contributed by atoms with Crippen molar-refractivity contribution < 1.29 is 5.11 Å². The van der Waals surface area contributed by atoms with E-state index in [9.17, 15) is 5.11 Å². The van der Waals surface area contributed by atoms with E-state index in [-0.39, 0.29) is 5.41 Å². The molecule has 0 heterocycles. The lowest BCUT2D eigenvalue weighted by atomic mass is 9.73. The Morgan fingerprint density at radius 2 is 1.60 bits per heavy atom. The molecule has 0 fully saturated rings. The highest BCUT2D eigenvalue weighted by Gasteiger charge is 2.28. The molecule has 0 amide bonds. The molecule has 0 atom stereocenters. The smallest absolute Gasteiger partial charge is 0.119 e. The number of phenolic OH excluding ortho intramolecular Hbond substituents is 1. The summed E-state index contributed by atoms with van der Waals surface area (Å²) in [4.78, 5) is 0. The fourth-order valence-electron chi connectivity index (χ4n) is 2.40. The van der Waals surface area contributed by atoms with Crippen LogP contribution in [0, 0.1) is 6.92 Å². The molecule has 0 saturated carbocycles. The summed E-state index contributed by atoms with van der Waals surface area (Å²) in [5.74, 6) is 0.450. The molecule has 1 aromatic rings. The van der Waals surface area contributed by atoms with E-state index in [4.69, 9.17) is 0 Å². The zero-order valence-electron chi connectivity index (χ0n) is 10.3. The first-order valence-corrected chi connectivity index (χ1v) is 5.89. The van der Waals surface area contributed by atoms with Crippen LogP contribution < -0.4 is 0 Å². The zero-order valence-corrected chi connectivity index (χ0v) is 10.3. The molecule has 1 nitrogen and oxygen atoms in total. The van der Waals surface area contributed by atoms with Crippen molar-refractivity contribution in [3.05, 3.63) is 29.3 Å². The molecule has 0 aliphatic rings. The van der Waals surface area contributed by atoms with Crippen LogP contribution in [-0.4, -0.2) is 5.11 Å². The highest BCUT2D eigenvalue weighted by molar-refractivity contribution is 5.41. The molecule has 0 saturated heterocycles. The minimum Gasteiger partial charge on any atom is -0.508 e. The molecule has 84 valence electrons. The number of benzene rings is 1. The lowest BCUT2D eigenvalue weighted by molar-refractivity contribution is 0.358. The molecular formula is C14H22O. The maximum absolute atomic E-state index is 9.96.